The molecule has 146 valence electrons. The van der Waals surface area contributed by atoms with Crippen LogP contribution in [0.4, 0.5) is 0 Å². The van der Waals surface area contributed by atoms with Crippen molar-refractivity contribution in [3.8, 4) is 0 Å². The molecule has 0 saturated carbocycles. The van der Waals surface area contributed by atoms with E-state index in [0.29, 0.717) is 6.04 Å². The zero-order valence-corrected chi connectivity index (χ0v) is 17.0. The average Bonchev–Trinajstić information content (AvgIpc) is 2.71. The SMILES string of the molecule is CCCc1ncc(CN(C)C2CCCN(CCCc3ccccc3)C2)cn1. The molecule has 1 atom stereocenters. The van der Waals surface area contributed by atoms with Crippen LogP contribution in [-0.2, 0) is 19.4 Å². The summed E-state index contributed by atoms with van der Waals surface area (Å²) in [5, 5.41) is 0. The van der Waals surface area contributed by atoms with Crippen molar-refractivity contribution in [2.45, 2.75) is 58.0 Å². The molecule has 0 N–H and O–H groups in total. The molecule has 0 bridgehead atoms. The number of likely N-dealkylation sites (tertiary alicyclic amines) is 1. The predicted octanol–water partition coefficient (Wildman–Crippen LogP) is 3.96. The summed E-state index contributed by atoms with van der Waals surface area (Å²) < 4.78 is 0. The van der Waals surface area contributed by atoms with E-state index in [1.807, 2.05) is 12.4 Å². The van der Waals surface area contributed by atoms with Gasteiger partial charge in [-0.05, 0) is 57.8 Å². The van der Waals surface area contributed by atoms with Crippen molar-refractivity contribution in [1.82, 2.24) is 19.8 Å². The zero-order chi connectivity index (χ0) is 18.9. The van der Waals surface area contributed by atoms with Crippen LogP contribution in [0.5, 0.6) is 0 Å². The molecule has 2 heterocycles. The van der Waals surface area contributed by atoms with Crippen LogP contribution >= 0.6 is 0 Å². The van der Waals surface area contributed by atoms with Crippen molar-refractivity contribution in [2.24, 2.45) is 0 Å². The topological polar surface area (TPSA) is 32.3 Å². The van der Waals surface area contributed by atoms with E-state index in [1.165, 1.54) is 56.4 Å². The van der Waals surface area contributed by atoms with Crippen LogP contribution in [0.25, 0.3) is 0 Å². The van der Waals surface area contributed by atoms with Crippen LogP contribution in [0.15, 0.2) is 42.7 Å². The summed E-state index contributed by atoms with van der Waals surface area (Å²) in [6.07, 6.45) is 11.1. The van der Waals surface area contributed by atoms with Crippen LogP contribution in [0, 0.1) is 0 Å². The number of aromatic nitrogens is 2. The standard InChI is InChI=1S/C23H34N4/c1-3-9-23-24-16-21(17-25-23)18-26(2)22-13-8-15-27(19-22)14-7-12-20-10-5-4-6-11-20/h4-6,10-11,16-17,22H,3,7-9,12-15,18-19H2,1-2H3. The highest BCUT2D eigenvalue weighted by molar-refractivity contribution is 5.14. The summed E-state index contributed by atoms with van der Waals surface area (Å²) in [6.45, 7) is 6.73. The Morgan fingerprint density at radius 3 is 2.59 bits per heavy atom. The number of hydrogen-bond acceptors (Lipinski definition) is 4. The molecule has 0 spiro atoms. The van der Waals surface area contributed by atoms with Crippen molar-refractivity contribution in [3.63, 3.8) is 0 Å². The molecule has 1 aliphatic rings. The predicted molar refractivity (Wildman–Crippen MR) is 112 cm³/mol. The largest absolute Gasteiger partial charge is 0.302 e. The Labute approximate surface area is 164 Å². The molecule has 1 aliphatic heterocycles. The molecule has 1 fully saturated rings. The lowest BCUT2D eigenvalue weighted by Crippen LogP contribution is -2.46. The van der Waals surface area contributed by atoms with Crippen molar-refractivity contribution >= 4 is 0 Å². The van der Waals surface area contributed by atoms with Gasteiger partial charge in [0.2, 0.25) is 0 Å². The minimum Gasteiger partial charge on any atom is -0.302 e. The Morgan fingerprint density at radius 1 is 1.07 bits per heavy atom. The number of rotatable bonds is 9. The summed E-state index contributed by atoms with van der Waals surface area (Å²) in [5.74, 6) is 0.964. The van der Waals surface area contributed by atoms with E-state index in [9.17, 15) is 0 Å². The van der Waals surface area contributed by atoms with Crippen LogP contribution in [0.1, 0.15) is 49.6 Å². The second-order valence-corrected chi connectivity index (χ2v) is 7.86. The highest BCUT2D eigenvalue weighted by Crippen LogP contribution is 2.17. The first kappa shape index (κ1) is 20.0. The van der Waals surface area contributed by atoms with E-state index in [2.05, 4.69) is 64.1 Å². The highest BCUT2D eigenvalue weighted by Gasteiger charge is 2.23. The number of aryl methyl sites for hydroxylation is 2. The Bertz CT molecular complexity index is 656. The van der Waals surface area contributed by atoms with Gasteiger partial charge in [-0.25, -0.2) is 9.97 Å². The first-order valence-corrected chi connectivity index (χ1v) is 10.5. The van der Waals surface area contributed by atoms with Crippen LogP contribution in [-0.4, -0.2) is 52.5 Å². The van der Waals surface area contributed by atoms with Gasteiger partial charge in [-0.3, -0.25) is 4.90 Å². The van der Waals surface area contributed by atoms with Gasteiger partial charge in [-0.1, -0.05) is 37.3 Å². The minimum atomic E-state index is 0.630. The Hall–Kier alpha value is -1.78. The van der Waals surface area contributed by atoms with Gasteiger partial charge in [0.25, 0.3) is 0 Å². The lowest BCUT2D eigenvalue weighted by molar-refractivity contribution is 0.111. The molecule has 1 saturated heterocycles. The molecule has 3 rings (SSSR count). The molecular weight excluding hydrogens is 332 g/mol. The molecule has 1 unspecified atom stereocenters. The van der Waals surface area contributed by atoms with Gasteiger partial charge in [0.15, 0.2) is 0 Å². The number of hydrogen-bond donors (Lipinski definition) is 0. The summed E-state index contributed by atoms with van der Waals surface area (Å²) in [4.78, 5) is 14.1. The zero-order valence-electron chi connectivity index (χ0n) is 17.0. The summed E-state index contributed by atoms with van der Waals surface area (Å²) in [5.41, 5.74) is 2.67. The third-order valence-corrected chi connectivity index (χ3v) is 5.55. The Kier molecular flexibility index (Phi) is 7.79. The first-order chi connectivity index (χ1) is 13.2. The number of likely N-dealkylation sites (N-methyl/N-ethyl adjacent to an activating group) is 1. The van der Waals surface area contributed by atoms with Gasteiger partial charge in [-0.15, -0.1) is 0 Å². The summed E-state index contributed by atoms with van der Waals surface area (Å²) >= 11 is 0. The summed E-state index contributed by atoms with van der Waals surface area (Å²) in [7, 11) is 2.25. The molecule has 27 heavy (non-hydrogen) atoms. The maximum atomic E-state index is 4.50. The van der Waals surface area contributed by atoms with Crippen molar-refractivity contribution in [1.29, 1.82) is 0 Å². The van der Waals surface area contributed by atoms with Gasteiger partial charge in [-0.2, -0.15) is 0 Å². The monoisotopic (exact) mass is 366 g/mol. The molecule has 0 amide bonds. The molecular formula is C23H34N4. The van der Waals surface area contributed by atoms with E-state index in [1.54, 1.807) is 0 Å². The second-order valence-electron chi connectivity index (χ2n) is 7.86. The van der Waals surface area contributed by atoms with Crippen LogP contribution in [0.3, 0.4) is 0 Å². The third-order valence-electron chi connectivity index (χ3n) is 5.55. The molecule has 4 nitrogen and oxygen atoms in total. The number of piperidine rings is 1. The van der Waals surface area contributed by atoms with Gasteiger partial charge in [0.1, 0.15) is 5.82 Å². The Morgan fingerprint density at radius 2 is 1.85 bits per heavy atom. The molecule has 0 radical (unpaired) electrons. The molecule has 0 aliphatic carbocycles. The van der Waals surface area contributed by atoms with Gasteiger partial charge >= 0.3 is 0 Å². The third kappa shape index (κ3) is 6.40. The van der Waals surface area contributed by atoms with E-state index in [0.717, 1.165) is 25.2 Å². The second kappa shape index (κ2) is 10.5. The smallest absolute Gasteiger partial charge is 0.128 e. The quantitative estimate of drug-likeness (QED) is 0.672. The molecule has 2 aromatic rings. The van der Waals surface area contributed by atoms with Gasteiger partial charge < -0.3 is 4.90 Å². The highest BCUT2D eigenvalue weighted by atomic mass is 15.2. The van der Waals surface area contributed by atoms with Crippen molar-refractivity contribution < 1.29 is 0 Å². The maximum absolute atomic E-state index is 4.50. The minimum absolute atomic E-state index is 0.630. The van der Waals surface area contributed by atoms with E-state index >= 15 is 0 Å². The van der Waals surface area contributed by atoms with E-state index in [-0.39, 0.29) is 0 Å². The van der Waals surface area contributed by atoms with E-state index in [4.69, 9.17) is 0 Å². The summed E-state index contributed by atoms with van der Waals surface area (Å²) in [6, 6.07) is 11.5. The number of benzene rings is 1. The average molecular weight is 367 g/mol. The fourth-order valence-electron chi connectivity index (χ4n) is 3.98. The van der Waals surface area contributed by atoms with Crippen molar-refractivity contribution in [3.05, 3.63) is 59.7 Å². The lowest BCUT2D eigenvalue weighted by Gasteiger charge is -2.37. The van der Waals surface area contributed by atoms with E-state index < -0.39 is 0 Å². The molecule has 1 aromatic carbocycles. The maximum Gasteiger partial charge on any atom is 0.128 e. The van der Waals surface area contributed by atoms with Gasteiger partial charge in [0, 0.05) is 43.5 Å². The Balaban J connectivity index is 1.43. The fraction of sp³-hybridized carbons (Fsp3) is 0.565. The number of nitrogens with zero attached hydrogens (tertiary/aromatic N) is 4. The molecule has 1 aromatic heterocycles. The molecule has 4 heteroatoms. The normalized spacial score (nSPS) is 18.1. The first-order valence-electron chi connectivity index (χ1n) is 10.5. The van der Waals surface area contributed by atoms with Crippen LogP contribution in [0.2, 0.25) is 0 Å². The fourth-order valence-corrected chi connectivity index (χ4v) is 3.98. The van der Waals surface area contributed by atoms with Crippen LogP contribution < -0.4 is 0 Å². The van der Waals surface area contributed by atoms with Gasteiger partial charge in [0.05, 0.1) is 0 Å². The van der Waals surface area contributed by atoms with Crippen molar-refractivity contribution in [2.75, 3.05) is 26.7 Å². The lowest BCUT2D eigenvalue weighted by atomic mass is 10.0.